The Balaban J connectivity index is 1.49. The first-order chi connectivity index (χ1) is 11.7. The molecule has 0 saturated heterocycles. The fraction of sp³-hybridized carbons (Fsp3) is 0.118. The molecule has 4 aromatic rings. The van der Waals surface area contributed by atoms with Gasteiger partial charge in [0.2, 0.25) is 5.89 Å². The molecule has 0 bridgehead atoms. The number of aryl methyl sites for hydroxylation is 1. The van der Waals surface area contributed by atoms with Crippen molar-refractivity contribution in [3.8, 4) is 11.5 Å². The third-order valence-electron chi connectivity index (χ3n) is 3.50. The Morgan fingerprint density at radius 1 is 1.17 bits per heavy atom. The summed E-state index contributed by atoms with van der Waals surface area (Å²) >= 11 is 7.43. The maximum Gasteiger partial charge on any atom is 0.277 e. The summed E-state index contributed by atoms with van der Waals surface area (Å²) in [7, 11) is 0. The number of benzene rings is 2. The number of hydrogen-bond acceptors (Lipinski definition) is 5. The fourth-order valence-corrected chi connectivity index (χ4v) is 3.20. The van der Waals surface area contributed by atoms with Gasteiger partial charge in [0.25, 0.3) is 5.22 Å². The van der Waals surface area contributed by atoms with Crippen LogP contribution in [-0.2, 0) is 5.75 Å². The number of imidazole rings is 1. The van der Waals surface area contributed by atoms with Crippen LogP contribution in [0.2, 0.25) is 5.02 Å². The maximum atomic E-state index is 5.99. The van der Waals surface area contributed by atoms with E-state index < -0.39 is 0 Å². The van der Waals surface area contributed by atoms with Gasteiger partial charge in [0.15, 0.2) is 0 Å². The highest BCUT2D eigenvalue weighted by Gasteiger charge is 2.11. The lowest BCUT2D eigenvalue weighted by atomic mass is 10.2. The third-order valence-corrected chi connectivity index (χ3v) is 4.56. The number of rotatable bonds is 4. The lowest BCUT2D eigenvalue weighted by molar-refractivity contribution is 0.465. The second kappa shape index (κ2) is 6.30. The number of thioether (sulfide) groups is 1. The Morgan fingerprint density at radius 3 is 2.96 bits per heavy atom. The summed E-state index contributed by atoms with van der Waals surface area (Å²) in [6.07, 6.45) is 0. The summed E-state index contributed by atoms with van der Waals surface area (Å²) < 4.78 is 5.68. The highest BCUT2D eigenvalue weighted by atomic mass is 35.5. The number of H-pyrrole nitrogens is 1. The van der Waals surface area contributed by atoms with Crippen molar-refractivity contribution in [3.05, 3.63) is 58.9 Å². The van der Waals surface area contributed by atoms with E-state index in [2.05, 4.69) is 39.2 Å². The van der Waals surface area contributed by atoms with Crippen LogP contribution in [-0.4, -0.2) is 20.2 Å². The predicted octanol–water partition coefficient (Wildman–Crippen LogP) is 4.87. The van der Waals surface area contributed by atoms with Crippen molar-refractivity contribution in [1.82, 2.24) is 20.2 Å². The summed E-state index contributed by atoms with van der Waals surface area (Å²) in [6, 6.07) is 13.5. The molecule has 120 valence electrons. The van der Waals surface area contributed by atoms with Crippen molar-refractivity contribution in [2.75, 3.05) is 0 Å². The van der Waals surface area contributed by atoms with Gasteiger partial charge in [-0.25, -0.2) is 4.98 Å². The molecule has 24 heavy (non-hydrogen) atoms. The number of fused-ring (bicyclic) bond motifs is 1. The summed E-state index contributed by atoms with van der Waals surface area (Å²) in [6.45, 7) is 2.06. The summed E-state index contributed by atoms with van der Waals surface area (Å²) in [5, 5.41) is 9.27. The smallest absolute Gasteiger partial charge is 0.277 e. The first kappa shape index (κ1) is 15.2. The highest BCUT2D eigenvalue weighted by molar-refractivity contribution is 7.98. The lowest BCUT2D eigenvalue weighted by Gasteiger charge is -1.95. The van der Waals surface area contributed by atoms with Crippen molar-refractivity contribution in [2.45, 2.75) is 17.9 Å². The van der Waals surface area contributed by atoms with Crippen molar-refractivity contribution in [1.29, 1.82) is 0 Å². The first-order valence-electron chi connectivity index (χ1n) is 7.35. The fourth-order valence-electron chi connectivity index (χ4n) is 2.38. The average Bonchev–Trinajstić information content (AvgIpc) is 3.19. The van der Waals surface area contributed by atoms with Crippen LogP contribution in [0.5, 0.6) is 0 Å². The topological polar surface area (TPSA) is 67.6 Å². The van der Waals surface area contributed by atoms with Crippen molar-refractivity contribution in [3.63, 3.8) is 0 Å². The van der Waals surface area contributed by atoms with E-state index in [1.54, 1.807) is 12.1 Å². The van der Waals surface area contributed by atoms with Gasteiger partial charge in [-0.1, -0.05) is 35.5 Å². The first-order valence-corrected chi connectivity index (χ1v) is 8.71. The van der Waals surface area contributed by atoms with E-state index in [-0.39, 0.29) is 0 Å². The number of aromatic nitrogens is 4. The molecule has 2 heterocycles. The molecule has 0 aliphatic rings. The minimum atomic E-state index is 0.459. The van der Waals surface area contributed by atoms with Crippen LogP contribution in [0, 0.1) is 6.92 Å². The van der Waals surface area contributed by atoms with E-state index in [1.165, 1.54) is 17.3 Å². The molecule has 0 fully saturated rings. The summed E-state index contributed by atoms with van der Waals surface area (Å²) in [5.74, 6) is 1.97. The number of aromatic amines is 1. The van der Waals surface area contributed by atoms with Crippen LogP contribution in [0.3, 0.4) is 0 Å². The van der Waals surface area contributed by atoms with Crippen molar-refractivity contribution >= 4 is 34.4 Å². The Bertz CT molecular complexity index is 1010. The minimum absolute atomic E-state index is 0.459. The molecule has 0 unspecified atom stereocenters. The zero-order valence-corrected chi connectivity index (χ0v) is 14.4. The van der Waals surface area contributed by atoms with E-state index in [0.717, 1.165) is 22.4 Å². The standard InChI is InChI=1S/C17H13ClN4OS/c1-10-5-6-13-14(7-10)20-15(19-13)9-24-17-22-21-16(23-17)11-3-2-4-12(18)8-11/h2-8H,9H2,1H3,(H,19,20). The monoisotopic (exact) mass is 356 g/mol. The quantitative estimate of drug-likeness (QED) is 0.528. The van der Waals surface area contributed by atoms with Gasteiger partial charge in [0.05, 0.1) is 16.8 Å². The van der Waals surface area contributed by atoms with Crippen LogP contribution >= 0.6 is 23.4 Å². The molecule has 0 amide bonds. The normalized spacial score (nSPS) is 11.2. The van der Waals surface area contributed by atoms with Crippen LogP contribution in [0.4, 0.5) is 0 Å². The minimum Gasteiger partial charge on any atom is -0.411 e. The van der Waals surface area contributed by atoms with Gasteiger partial charge in [0.1, 0.15) is 5.82 Å². The van der Waals surface area contributed by atoms with Crippen LogP contribution in [0.1, 0.15) is 11.4 Å². The Hall–Kier alpha value is -2.31. The van der Waals surface area contributed by atoms with Gasteiger partial charge in [-0.2, -0.15) is 0 Å². The molecule has 7 heteroatoms. The number of nitrogens with zero attached hydrogens (tertiary/aromatic N) is 3. The number of nitrogens with one attached hydrogen (secondary N) is 1. The maximum absolute atomic E-state index is 5.99. The molecule has 2 aromatic carbocycles. The molecule has 0 radical (unpaired) electrons. The number of hydrogen-bond donors (Lipinski definition) is 1. The number of halogens is 1. The molecule has 0 aliphatic heterocycles. The van der Waals surface area contributed by atoms with Gasteiger partial charge < -0.3 is 9.40 Å². The van der Waals surface area contributed by atoms with Crippen LogP contribution in [0.25, 0.3) is 22.5 Å². The molecule has 0 aliphatic carbocycles. The highest BCUT2D eigenvalue weighted by Crippen LogP contribution is 2.27. The zero-order valence-electron chi connectivity index (χ0n) is 12.8. The van der Waals surface area contributed by atoms with Gasteiger partial charge in [-0.05, 0) is 42.8 Å². The average molecular weight is 357 g/mol. The zero-order chi connectivity index (χ0) is 16.5. The Labute approximate surface area is 147 Å². The molecule has 0 saturated carbocycles. The Kier molecular flexibility index (Phi) is 4.00. The summed E-state index contributed by atoms with van der Waals surface area (Å²) in [4.78, 5) is 7.88. The molecular formula is C17H13ClN4OS. The van der Waals surface area contributed by atoms with E-state index in [0.29, 0.717) is 21.9 Å². The molecule has 0 spiro atoms. The SMILES string of the molecule is Cc1ccc2nc(CSc3nnc(-c4cccc(Cl)c4)o3)[nH]c2c1. The van der Waals surface area contributed by atoms with E-state index in [1.807, 2.05) is 18.2 Å². The molecule has 0 atom stereocenters. The molecule has 4 rings (SSSR count). The third kappa shape index (κ3) is 3.16. The Morgan fingerprint density at radius 2 is 2.08 bits per heavy atom. The largest absolute Gasteiger partial charge is 0.411 e. The van der Waals surface area contributed by atoms with Crippen LogP contribution < -0.4 is 0 Å². The van der Waals surface area contributed by atoms with E-state index in [9.17, 15) is 0 Å². The lowest BCUT2D eigenvalue weighted by Crippen LogP contribution is -1.83. The van der Waals surface area contributed by atoms with Gasteiger partial charge >= 0.3 is 0 Å². The second-order valence-corrected chi connectivity index (χ2v) is 6.74. The van der Waals surface area contributed by atoms with Gasteiger partial charge in [-0.15, -0.1) is 10.2 Å². The summed E-state index contributed by atoms with van der Waals surface area (Å²) in [5.41, 5.74) is 4.01. The molecule has 5 nitrogen and oxygen atoms in total. The molecular weight excluding hydrogens is 344 g/mol. The molecule has 1 N–H and O–H groups in total. The van der Waals surface area contributed by atoms with Gasteiger partial charge in [0, 0.05) is 10.6 Å². The molecule has 2 aromatic heterocycles. The second-order valence-electron chi connectivity index (χ2n) is 5.38. The van der Waals surface area contributed by atoms with Gasteiger partial charge in [-0.3, -0.25) is 0 Å². The van der Waals surface area contributed by atoms with Crippen molar-refractivity contribution in [2.24, 2.45) is 0 Å². The van der Waals surface area contributed by atoms with E-state index in [4.69, 9.17) is 16.0 Å². The predicted molar refractivity (Wildman–Crippen MR) is 95.1 cm³/mol. The van der Waals surface area contributed by atoms with Crippen molar-refractivity contribution < 1.29 is 4.42 Å². The van der Waals surface area contributed by atoms with E-state index >= 15 is 0 Å². The van der Waals surface area contributed by atoms with Crippen LogP contribution in [0.15, 0.2) is 52.1 Å².